The molecule has 2 heterocycles. The number of rotatable bonds is 4. The van der Waals surface area contributed by atoms with Crippen molar-refractivity contribution in [3.63, 3.8) is 0 Å². The second-order valence-electron chi connectivity index (χ2n) is 8.95. The lowest BCUT2D eigenvalue weighted by Gasteiger charge is -2.32. The van der Waals surface area contributed by atoms with Gasteiger partial charge in [0.25, 0.3) is 0 Å². The highest BCUT2D eigenvalue weighted by Crippen LogP contribution is 2.32. The number of hydrogen-bond donors (Lipinski definition) is 0. The van der Waals surface area contributed by atoms with Gasteiger partial charge in [0.05, 0.1) is 0 Å². The van der Waals surface area contributed by atoms with Crippen LogP contribution in [0.2, 0.25) is 0 Å². The van der Waals surface area contributed by atoms with Crippen molar-refractivity contribution < 1.29 is 9.47 Å². The van der Waals surface area contributed by atoms with E-state index in [9.17, 15) is 0 Å². The number of benzene rings is 3. The van der Waals surface area contributed by atoms with Crippen LogP contribution in [0.15, 0.2) is 90.7 Å². The van der Waals surface area contributed by atoms with Gasteiger partial charge >= 0.3 is 0 Å². The Morgan fingerprint density at radius 3 is 2.03 bits per heavy atom. The Morgan fingerprint density at radius 1 is 0.697 bits per heavy atom. The summed E-state index contributed by atoms with van der Waals surface area (Å²) in [7, 11) is 0. The summed E-state index contributed by atoms with van der Waals surface area (Å²) in [6, 6.07) is 23.7. The smallest absolute Gasteiger partial charge is 0.161 e. The van der Waals surface area contributed by atoms with Gasteiger partial charge in [0.1, 0.15) is 11.5 Å². The zero-order valence-electron chi connectivity index (χ0n) is 18.7. The molecule has 6 rings (SSSR count). The van der Waals surface area contributed by atoms with E-state index >= 15 is 0 Å². The number of anilines is 1. The van der Waals surface area contributed by atoms with Crippen molar-refractivity contribution in [1.29, 1.82) is 0 Å². The molecule has 33 heavy (non-hydrogen) atoms. The summed E-state index contributed by atoms with van der Waals surface area (Å²) in [5.41, 5.74) is 7.58. The van der Waals surface area contributed by atoms with Crippen molar-refractivity contribution in [3.05, 3.63) is 113 Å². The number of ether oxygens (including phenoxy) is 2. The largest absolute Gasteiger partial charge is 0.473 e. The minimum absolute atomic E-state index is 0.587. The first-order valence-electron chi connectivity index (χ1n) is 11.7. The molecule has 2 aliphatic heterocycles. The molecule has 0 spiro atoms. The molecule has 0 N–H and O–H groups in total. The molecule has 3 aliphatic rings. The molecule has 0 bridgehead atoms. The summed E-state index contributed by atoms with van der Waals surface area (Å²) in [4.78, 5) is 4.58. The van der Waals surface area contributed by atoms with Gasteiger partial charge in [-0.1, -0.05) is 42.5 Å². The number of nitrogens with zero attached hydrogens (tertiary/aromatic N) is 2. The predicted molar refractivity (Wildman–Crippen MR) is 131 cm³/mol. The Kier molecular flexibility index (Phi) is 5.27. The summed E-state index contributed by atoms with van der Waals surface area (Å²) in [5, 5.41) is 0. The molecule has 0 radical (unpaired) electrons. The van der Waals surface area contributed by atoms with E-state index in [0.717, 1.165) is 43.9 Å². The van der Waals surface area contributed by atoms with Gasteiger partial charge in [-0.15, -0.1) is 0 Å². The summed E-state index contributed by atoms with van der Waals surface area (Å²) in [6.07, 6.45) is 9.92. The summed E-state index contributed by atoms with van der Waals surface area (Å²) >= 11 is 0. The lowest BCUT2D eigenvalue weighted by atomic mass is 9.99. The molecule has 0 saturated carbocycles. The topological polar surface area (TPSA) is 24.9 Å². The molecule has 0 amide bonds. The first-order valence-corrected chi connectivity index (χ1v) is 11.7. The molecule has 0 aromatic heterocycles. The first-order chi connectivity index (χ1) is 16.3. The molecule has 3 aromatic carbocycles. The van der Waals surface area contributed by atoms with Gasteiger partial charge in [0, 0.05) is 35.6 Å². The highest BCUT2D eigenvalue weighted by atomic mass is 16.5. The molecular weight excluding hydrogens is 408 g/mol. The molecule has 4 nitrogen and oxygen atoms in total. The molecule has 3 aromatic rings. The van der Waals surface area contributed by atoms with Crippen molar-refractivity contribution in [2.75, 3.05) is 18.4 Å². The fourth-order valence-corrected chi connectivity index (χ4v) is 4.85. The van der Waals surface area contributed by atoms with Gasteiger partial charge in [0.2, 0.25) is 0 Å². The number of hydrogen-bond acceptors (Lipinski definition) is 4. The number of para-hydroxylation sites is 1. The minimum atomic E-state index is 0.587. The van der Waals surface area contributed by atoms with Crippen LogP contribution in [0.3, 0.4) is 0 Å². The lowest BCUT2D eigenvalue weighted by Crippen LogP contribution is -2.31. The Labute approximate surface area is 195 Å². The average Bonchev–Trinajstić information content (AvgIpc) is 2.89. The zero-order valence-corrected chi connectivity index (χ0v) is 18.7. The molecule has 0 fully saturated rings. The van der Waals surface area contributed by atoms with E-state index in [-0.39, 0.29) is 0 Å². The van der Waals surface area contributed by atoms with Gasteiger partial charge < -0.3 is 19.3 Å². The number of allylic oxidation sites excluding steroid dienone is 3. The molecular formula is C29H28N2O2. The van der Waals surface area contributed by atoms with Gasteiger partial charge in [-0.25, -0.2) is 0 Å². The van der Waals surface area contributed by atoms with Crippen LogP contribution in [-0.4, -0.2) is 18.4 Å². The van der Waals surface area contributed by atoms with Crippen LogP contribution in [0, 0.1) is 0 Å². The van der Waals surface area contributed by atoms with Crippen LogP contribution in [-0.2, 0) is 19.5 Å². The fourth-order valence-electron chi connectivity index (χ4n) is 4.85. The van der Waals surface area contributed by atoms with E-state index in [0.29, 0.717) is 13.5 Å². The van der Waals surface area contributed by atoms with Gasteiger partial charge in [-0.2, -0.15) is 0 Å². The third-order valence-electron chi connectivity index (χ3n) is 6.59. The Balaban J connectivity index is 1.19. The summed E-state index contributed by atoms with van der Waals surface area (Å²) in [6.45, 7) is 2.96. The maximum absolute atomic E-state index is 6.05. The molecule has 166 valence electrons. The van der Waals surface area contributed by atoms with Crippen LogP contribution >= 0.6 is 0 Å². The van der Waals surface area contributed by atoms with E-state index in [4.69, 9.17) is 9.47 Å². The normalized spacial score (nSPS) is 16.9. The van der Waals surface area contributed by atoms with E-state index in [1.54, 1.807) is 0 Å². The third kappa shape index (κ3) is 4.21. The van der Waals surface area contributed by atoms with Crippen LogP contribution in [0.5, 0.6) is 11.5 Å². The van der Waals surface area contributed by atoms with E-state index in [2.05, 4.69) is 88.7 Å². The lowest BCUT2D eigenvalue weighted by molar-refractivity contribution is 0.131. The van der Waals surface area contributed by atoms with Crippen LogP contribution in [0.25, 0.3) is 0 Å². The highest BCUT2D eigenvalue weighted by molar-refractivity contribution is 5.51. The molecule has 4 heteroatoms. The van der Waals surface area contributed by atoms with Crippen LogP contribution in [0.4, 0.5) is 5.69 Å². The number of fused-ring (bicyclic) bond motifs is 2. The summed E-state index contributed by atoms with van der Waals surface area (Å²) in [5.74, 6) is 2.00. The second-order valence-corrected chi connectivity index (χ2v) is 8.95. The van der Waals surface area contributed by atoms with Gasteiger partial charge in [-0.05, 0) is 72.9 Å². The maximum Gasteiger partial charge on any atom is 0.161 e. The Morgan fingerprint density at radius 2 is 1.36 bits per heavy atom. The van der Waals surface area contributed by atoms with Crippen LogP contribution in [0.1, 0.15) is 35.1 Å². The van der Waals surface area contributed by atoms with E-state index in [1.807, 2.05) is 6.07 Å². The van der Waals surface area contributed by atoms with Crippen molar-refractivity contribution >= 4 is 5.69 Å². The van der Waals surface area contributed by atoms with E-state index < -0.39 is 0 Å². The van der Waals surface area contributed by atoms with Crippen molar-refractivity contribution in [2.45, 2.75) is 32.4 Å². The Bertz CT molecular complexity index is 1220. The molecule has 1 aliphatic carbocycles. The monoisotopic (exact) mass is 436 g/mol. The second kappa shape index (κ2) is 8.70. The van der Waals surface area contributed by atoms with Crippen molar-refractivity contribution in [2.24, 2.45) is 0 Å². The van der Waals surface area contributed by atoms with Crippen molar-refractivity contribution in [3.8, 4) is 11.5 Å². The third-order valence-corrected chi connectivity index (χ3v) is 6.59. The fraction of sp³-hybridized carbons (Fsp3) is 0.241. The first kappa shape index (κ1) is 20.0. The molecule has 0 saturated heterocycles. The SMILES string of the molecule is C1=CC(N2COc3ccc(Cc4ccc5c(c4)CN(c4ccccc4)CO5)cc3C2)=CCC1. The quantitative estimate of drug-likeness (QED) is 0.499. The average molecular weight is 437 g/mol. The minimum Gasteiger partial charge on any atom is -0.473 e. The highest BCUT2D eigenvalue weighted by Gasteiger charge is 2.20. The standard InChI is InChI=1S/C29H28N2O2/c1-3-7-26(8-4-1)30-18-24-16-22(11-13-28(24)32-20-30)15-23-12-14-29-25(17-23)19-31(21-33-29)27-9-5-2-6-10-27/h1,3-5,7-14,16-17H,2,6,15,18-21H2. The van der Waals surface area contributed by atoms with Crippen LogP contribution < -0.4 is 14.4 Å². The predicted octanol–water partition coefficient (Wildman–Crippen LogP) is 6.02. The summed E-state index contributed by atoms with van der Waals surface area (Å²) < 4.78 is 12.1. The molecule has 0 atom stereocenters. The molecule has 0 unspecified atom stereocenters. The van der Waals surface area contributed by atoms with Gasteiger partial charge in [0.15, 0.2) is 13.5 Å². The van der Waals surface area contributed by atoms with Gasteiger partial charge in [-0.3, -0.25) is 0 Å². The van der Waals surface area contributed by atoms with E-state index in [1.165, 1.54) is 33.6 Å². The maximum atomic E-state index is 6.05. The van der Waals surface area contributed by atoms with Crippen molar-refractivity contribution in [1.82, 2.24) is 4.90 Å². The Hall–Kier alpha value is -3.66. The zero-order chi connectivity index (χ0) is 22.0.